The van der Waals surface area contributed by atoms with Gasteiger partial charge in [0.15, 0.2) is 0 Å². The number of nitrogens with zero attached hydrogens (tertiary/aromatic N) is 4. The summed E-state index contributed by atoms with van der Waals surface area (Å²) in [5.74, 6) is -0.0948. The summed E-state index contributed by atoms with van der Waals surface area (Å²) < 4.78 is 46.2. The molecule has 0 bridgehead atoms. The molecule has 2 saturated heterocycles. The normalized spacial score (nSPS) is 19.2. The Bertz CT molecular complexity index is 1040. The van der Waals surface area contributed by atoms with Crippen molar-refractivity contribution in [3.05, 3.63) is 46.8 Å². The van der Waals surface area contributed by atoms with E-state index < -0.39 is 11.7 Å². The van der Waals surface area contributed by atoms with Crippen LogP contribution in [0, 0.1) is 13.8 Å². The predicted molar refractivity (Wildman–Crippen MR) is 114 cm³/mol. The van der Waals surface area contributed by atoms with Crippen LogP contribution in [0.25, 0.3) is 5.69 Å². The number of aromatic nitrogens is 2. The highest BCUT2D eigenvalue weighted by Gasteiger charge is 2.32. The average molecular weight is 464 g/mol. The molecule has 0 aliphatic carbocycles. The molecule has 1 aromatic carbocycles. The van der Waals surface area contributed by atoms with Crippen LogP contribution >= 0.6 is 0 Å². The Morgan fingerprint density at radius 2 is 1.82 bits per heavy atom. The number of piperazine rings is 1. The van der Waals surface area contributed by atoms with Crippen molar-refractivity contribution >= 4 is 11.8 Å². The minimum absolute atomic E-state index is 0.00588. The second-order valence-electron chi connectivity index (χ2n) is 8.49. The van der Waals surface area contributed by atoms with Crippen molar-refractivity contribution in [1.82, 2.24) is 19.6 Å². The van der Waals surface area contributed by atoms with Gasteiger partial charge >= 0.3 is 6.18 Å². The molecular formula is C23H27F3N4O3. The van der Waals surface area contributed by atoms with Crippen LogP contribution in [0.4, 0.5) is 13.2 Å². The standard InChI is InChI=1S/C23H27F3N4O3/c1-15-19(16(2)30(27-15)18-6-3-5-17(13-18)23(24,25)26)14-21(31)28-8-10-29(11-9-28)22(32)20-7-4-12-33-20/h3,5-6,13,20H,4,7-12,14H2,1-2H3. The molecule has 2 amide bonds. The van der Waals surface area contributed by atoms with Gasteiger partial charge in [0, 0.05) is 44.0 Å². The molecule has 7 nitrogen and oxygen atoms in total. The van der Waals surface area contributed by atoms with E-state index in [0.29, 0.717) is 55.4 Å². The lowest BCUT2D eigenvalue weighted by molar-refractivity contribution is -0.145. The van der Waals surface area contributed by atoms with Crippen molar-refractivity contribution in [1.29, 1.82) is 0 Å². The molecule has 4 rings (SSSR count). The van der Waals surface area contributed by atoms with Crippen LogP contribution in [-0.4, -0.2) is 70.3 Å². The molecule has 10 heteroatoms. The fraction of sp³-hybridized carbons (Fsp3) is 0.522. The van der Waals surface area contributed by atoms with E-state index in [2.05, 4.69) is 5.10 Å². The molecule has 0 radical (unpaired) electrons. The molecule has 178 valence electrons. The molecule has 0 spiro atoms. The summed E-state index contributed by atoms with van der Waals surface area (Å²) in [6, 6.07) is 4.97. The maximum atomic E-state index is 13.1. The highest BCUT2D eigenvalue weighted by atomic mass is 19.4. The number of rotatable bonds is 4. The zero-order valence-electron chi connectivity index (χ0n) is 18.7. The fourth-order valence-corrected chi connectivity index (χ4v) is 4.41. The van der Waals surface area contributed by atoms with E-state index in [9.17, 15) is 22.8 Å². The lowest BCUT2D eigenvalue weighted by Gasteiger charge is -2.35. The Hall–Kier alpha value is -2.88. The lowest BCUT2D eigenvalue weighted by atomic mass is 10.1. The van der Waals surface area contributed by atoms with Gasteiger partial charge in [-0.05, 0) is 44.9 Å². The third kappa shape index (κ3) is 4.90. The predicted octanol–water partition coefficient (Wildman–Crippen LogP) is 2.90. The molecule has 1 aromatic heterocycles. The number of carbonyl (C=O) groups is 2. The van der Waals surface area contributed by atoms with E-state index in [-0.39, 0.29) is 24.3 Å². The fourth-order valence-electron chi connectivity index (χ4n) is 4.41. The first-order valence-electron chi connectivity index (χ1n) is 11.1. The van der Waals surface area contributed by atoms with Gasteiger partial charge in [-0.3, -0.25) is 9.59 Å². The maximum Gasteiger partial charge on any atom is 0.416 e. The first kappa shape index (κ1) is 23.3. The summed E-state index contributed by atoms with van der Waals surface area (Å²) in [6.07, 6.45) is -3.07. The van der Waals surface area contributed by atoms with Crippen LogP contribution in [0.15, 0.2) is 24.3 Å². The van der Waals surface area contributed by atoms with Crippen LogP contribution in [-0.2, 0) is 26.9 Å². The Balaban J connectivity index is 1.42. The average Bonchev–Trinajstić information content (AvgIpc) is 3.43. The zero-order chi connectivity index (χ0) is 23.8. The molecule has 0 N–H and O–H groups in total. The van der Waals surface area contributed by atoms with Gasteiger partial charge in [0.2, 0.25) is 5.91 Å². The van der Waals surface area contributed by atoms with Gasteiger partial charge in [-0.15, -0.1) is 0 Å². The van der Waals surface area contributed by atoms with Gasteiger partial charge < -0.3 is 14.5 Å². The SMILES string of the molecule is Cc1nn(-c2cccc(C(F)(F)F)c2)c(C)c1CC(=O)N1CCN(C(=O)C2CCCO2)CC1. The van der Waals surface area contributed by atoms with E-state index in [4.69, 9.17) is 4.74 Å². The number of alkyl halides is 3. The smallest absolute Gasteiger partial charge is 0.368 e. The van der Waals surface area contributed by atoms with Crippen molar-refractivity contribution in [2.45, 2.75) is 45.4 Å². The molecule has 2 aliphatic rings. The highest BCUT2D eigenvalue weighted by molar-refractivity contribution is 5.82. The summed E-state index contributed by atoms with van der Waals surface area (Å²) in [5, 5.41) is 4.39. The molecular weight excluding hydrogens is 437 g/mol. The van der Waals surface area contributed by atoms with Crippen LogP contribution in [0.2, 0.25) is 0 Å². The second-order valence-corrected chi connectivity index (χ2v) is 8.49. The van der Waals surface area contributed by atoms with Crippen molar-refractivity contribution in [3.8, 4) is 5.69 Å². The molecule has 3 heterocycles. The molecule has 33 heavy (non-hydrogen) atoms. The Morgan fingerprint density at radius 3 is 2.45 bits per heavy atom. The van der Waals surface area contributed by atoms with E-state index in [0.717, 1.165) is 25.0 Å². The van der Waals surface area contributed by atoms with Crippen molar-refractivity contribution in [2.75, 3.05) is 32.8 Å². The van der Waals surface area contributed by atoms with Gasteiger partial charge in [-0.25, -0.2) is 4.68 Å². The Kier molecular flexibility index (Phi) is 6.47. The molecule has 2 fully saturated rings. The molecule has 0 saturated carbocycles. The number of amides is 2. The molecule has 1 atom stereocenters. The van der Waals surface area contributed by atoms with E-state index in [1.165, 1.54) is 10.7 Å². The minimum Gasteiger partial charge on any atom is -0.368 e. The van der Waals surface area contributed by atoms with Gasteiger partial charge in [-0.1, -0.05) is 6.07 Å². The van der Waals surface area contributed by atoms with Crippen molar-refractivity contribution < 1.29 is 27.5 Å². The lowest BCUT2D eigenvalue weighted by Crippen LogP contribution is -2.53. The number of hydrogen-bond donors (Lipinski definition) is 0. The van der Waals surface area contributed by atoms with E-state index >= 15 is 0 Å². The second kappa shape index (κ2) is 9.17. The zero-order valence-corrected chi connectivity index (χ0v) is 18.7. The highest BCUT2D eigenvalue weighted by Crippen LogP contribution is 2.31. The molecule has 1 unspecified atom stereocenters. The van der Waals surface area contributed by atoms with Crippen LogP contribution in [0.3, 0.4) is 0 Å². The Morgan fingerprint density at radius 1 is 1.12 bits per heavy atom. The van der Waals surface area contributed by atoms with E-state index in [1.54, 1.807) is 29.7 Å². The largest absolute Gasteiger partial charge is 0.416 e. The monoisotopic (exact) mass is 464 g/mol. The number of halogens is 3. The maximum absolute atomic E-state index is 13.1. The molecule has 2 aliphatic heterocycles. The summed E-state index contributed by atoms with van der Waals surface area (Å²) in [5.41, 5.74) is 1.49. The van der Waals surface area contributed by atoms with Gasteiger partial charge in [0.25, 0.3) is 5.91 Å². The topological polar surface area (TPSA) is 67.7 Å². The third-order valence-electron chi connectivity index (χ3n) is 6.34. The third-order valence-corrected chi connectivity index (χ3v) is 6.34. The van der Waals surface area contributed by atoms with Crippen molar-refractivity contribution in [2.24, 2.45) is 0 Å². The summed E-state index contributed by atoms with van der Waals surface area (Å²) in [6.45, 7) is 5.92. The minimum atomic E-state index is -4.45. The number of aryl methyl sites for hydroxylation is 1. The summed E-state index contributed by atoms with van der Waals surface area (Å²) in [4.78, 5) is 28.9. The number of ether oxygens (including phenoxy) is 1. The Labute approximate surface area is 190 Å². The summed E-state index contributed by atoms with van der Waals surface area (Å²) >= 11 is 0. The van der Waals surface area contributed by atoms with Gasteiger partial charge in [0.05, 0.1) is 23.4 Å². The molecule has 2 aromatic rings. The quantitative estimate of drug-likeness (QED) is 0.698. The van der Waals surface area contributed by atoms with Crippen molar-refractivity contribution in [3.63, 3.8) is 0 Å². The first-order chi connectivity index (χ1) is 15.6. The van der Waals surface area contributed by atoms with Crippen LogP contribution in [0.5, 0.6) is 0 Å². The van der Waals surface area contributed by atoms with Gasteiger partial charge in [0.1, 0.15) is 6.10 Å². The number of carbonyl (C=O) groups excluding carboxylic acids is 2. The number of hydrogen-bond acceptors (Lipinski definition) is 4. The van der Waals surface area contributed by atoms with Crippen LogP contribution < -0.4 is 0 Å². The first-order valence-corrected chi connectivity index (χ1v) is 11.1. The van der Waals surface area contributed by atoms with Gasteiger partial charge in [-0.2, -0.15) is 18.3 Å². The van der Waals surface area contributed by atoms with Crippen LogP contribution in [0.1, 0.15) is 35.4 Å². The number of benzene rings is 1. The summed E-state index contributed by atoms with van der Waals surface area (Å²) in [7, 11) is 0. The van der Waals surface area contributed by atoms with E-state index in [1.807, 2.05) is 0 Å².